The van der Waals surface area contributed by atoms with Gasteiger partial charge in [-0.25, -0.2) is 5.48 Å². The first-order valence-electron chi connectivity index (χ1n) is 7.76. The van der Waals surface area contributed by atoms with E-state index in [9.17, 15) is 14.7 Å². The van der Waals surface area contributed by atoms with E-state index in [-0.39, 0.29) is 12.3 Å². The average molecular weight is 322 g/mol. The van der Waals surface area contributed by atoms with Crippen LogP contribution in [0.4, 0.5) is 0 Å². The Kier molecular flexibility index (Phi) is 7.19. The summed E-state index contributed by atoms with van der Waals surface area (Å²) in [6.45, 7) is 6.17. The van der Waals surface area contributed by atoms with Gasteiger partial charge >= 0.3 is 5.97 Å². The van der Waals surface area contributed by atoms with E-state index in [1.54, 1.807) is 12.4 Å². The van der Waals surface area contributed by atoms with Crippen molar-refractivity contribution in [1.82, 2.24) is 10.8 Å². The third kappa shape index (κ3) is 6.38. The fourth-order valence-electron chi connectivity index (χ4n) is 2.49. The Morgan fingerprint density at radius 2 is 1.74 bits per heavy atom. The molecular weight excluding hydrogens is 296 g/mol. The van der Waals surface area contributed by atoms with Crippen molar-refractivity contribution in [3.8, 4) is 0 Å². The Balaban J connectivity index is 2.60. The van der Waals surface area contributed by atoms with Gasteiger partial charge in [0.05, 0.1) is 0 Å². The highest BCUT2D eigenvalue weighted by Gasteiger charge is 2.33. The molecule has 0 radical (unpaired) electrons. The number of hydrogen-bond acceptors (Lipinski definition) is 4. The molecule has 0 aromatic heterocycles. The summed E-state index contributed by atoms with van der Waals surface area (Å²) in [6, 6.07) is 7.64. The van der Waals surface area contributed by atoms with Crippen LogP contribution in [-0.4, -0.2) is 27.7 Å². The molecule has 1 rings (SSSR count). The van der Waals surface area contributed by atoms with Gasteiger partial charge in [0.25, 0.3) is 0 Å². The summed E-state index contributed by atoms with van der Waals surface area (Å²) in [7, 11) is 0. The topological polar surface area (TPSA) is 98.7 Å². The van der Waals surface area contributed by atoms with Gasteiger partial charge < -0.3 is 5.11 Å². The lowest BCUT2D eigenvalue weighted by Crippen LogP contribution is -2.49. The summed E-state index contributed by atoms with van der Waals surface area (Å²) in [6.07, 6.45) is 1.32. The number of nitrogens with one attached hydrogen (secondary N) is 2. The molecule has 0 saturated carbocycles. The fourth-order valence-corrected chi connectivity index (χ4v) is 2.49. The van der Waals surface area contributed by atoms with Gasteiger partial charge in [0, 0.05) is 13.0 Å². The molecule has 1 atom stereocenters. The lowest BCUT2D eigenvalue weighted by molar-refractivity contribution is -0.145. The fraction of sp³-hybridized carbons (Fsp3) is 0.529. The quantitative estimate of drug-likeness (QED) is 0.412. The van der Waals surface area contributed by atoms with Gasteiger partial charge in [-0.3, -0.25) is 20.1 Å². The van der Waals surface area contributed by atoms with E-state index in [4.69, 9.17) is 5.21 Å². The number of benzene rings is 1. The lowest BCUT2D eigenvalue weighted by atomic mass is 9.90. The van der Waals surface area contributed by atoms with Crippen molar-refractivity contribution in [3.05, 3.63) is 35.4 Å². The second-order valence-corrected chi connectivity index (χ2v) is 6.44. The molecule has 0 aliphatic carbocycles. The summed E-state index contributed by atoms with van der Waals surface area (Å²) < 4.78 is 0. The standard InChI is InChI=1S/C17H26N2O4/c1-12(2)10-17(3,16(21)22)18-11-14-6-4-13(5-7-14)8-9-15(20)19-23/h4-7,12,18,23H,8-11H2,1-3H3,(H,19,20)(H,21,22)/t17-/m1/s1. The average Bonchev–Trinajstić information content (AvgIpc) is 2.50. The number of carboxylic acids is 1. The van der Waals surface area contributed by atoms with E-state index in [0.717, 1.165) is 11.1 Å². The van der Waals surface area contributed by atoms with Crippen LogP contribution in [0, 0.1) is 5.92 Å². The summed E-state index contributed by atoms with van der Waals surface area (Å²) in [5.41, 5.74) is 2.62. The number of aliphatic carboxylic acids is 1. The minimum Gasteiger partial charge on any atom is -0.480 e. The van der Waals surface area contributed by atoms with E-state index in [1.807, 2.05) is 38.1 Å². The van der Waals surface area contributed by atoms with Gasteiger partial charge in [-0.2, -0.15) is 0 Å². The maximum absolute atomic E-state index is 11.5. The van der Waals surface area contributed by atoms with Crippen molar-refractivity contribution >= 4 is 11.9 Å². The van der Waals surface area contributed by atoms with Gasteiger partial charge in [-0.05, 0) is 36.8 Å². The SMILES string of the molecule is CC(C)C[C@@](C)(NCc1ccc(CCC(=O)NO)cc1)C(=O)O. The minimum absolute atomic E-state index is 0.222. The van der Waals surface area contributed by atoms with Crippen LogP contribution in [0.25, 0.3) is 0 Å². The Hall–Kier alpha value is -1.92. The molecule has 0 bridgehead atoms. The number of hydroxylamine groups is 1. The molecule has 0 heterocycles. The van der Waals surface area contributed by atoms with Crippen LogP contribution < -0.4 is 10.8 Å². The monoisotopic (exact) mass is 322 g/mol. The molecule has 1 aromatic carbocycles. The Labute approximate surface area is 136 Å². The molecule has 0 fully saturated rings. The number of carbonyl (C=O) groups excluding carboxylic acids is 1. The summed E-state index contributed by atoms with van der Waals surface area (Å²) >= 11 is 0. The number of carbonyl (C=O) groups is 2. The van der Waals surface area contributed by atoms with E-state index in [1.165, 1.54) is 0 Å². The molecule has 0 spiro atoms. The van der Waals surface area contributed by atoms with Crippen molar-refractivity contribution in [2.75, 3.05) is 0 Å². The second kappa shape index (κ2) is 8.64. The molecule has 6 nitrogen and oxygen atoms in total. The molecule has 128 valence electrons. The molecule has 6 heteroatoms. The first-order chi connectivity index (χ1) is 10.8. The molecule has 0 unspecified atom stereocenters. The number of amides is 1. The highest BCUT2D eigenvalue weighted by atomic mass is 16.5. The van der Waals surface area contributed by atoms with Crippen molar-refractivity contribution in [1.29, 1.82) is 0 Å². The van der Waals surface area contributed by atoms with E-state index in [0.29, 0.717) is 19.4 Å². The Bertz CT molecular complexity index is 528. The maximum atomic E-state index is 11.5. The van der Waals surface area contributed by atoms with Gasteiger partial charge in [-0.15, -0.1) is 0 Å². The van der Waals surface area contributed by atoms with Crippen LogP contribution in [-0.2, 0) is 22.6 Å². The Morgan fingerprint density at radius 3 is 2.22 bits per heavy atom. The number of aryl methyl sites for hydroxylation is 1. The van der Waals surface area contributed by atoms with Crippen LogP contribution in [0.5, 0.6) is 0 Å². The highest BCUT2D eigenvalue weighted by molar-refractivity contribution is 5.78. The number of rotatable bonds is 9. The molecular formula is C17H26N2O4. The normalized spacial score (nSPS) is 13.6. The minimum atomic E-state index is -0.952. The van der Waals surface area contributed by atoms with Gasteiger partial charge in [0.1, 0.15) is 5.54 Å². The van der Waals surface area contributed by atoms with Crippen LogP contribution in [0.15, 0.2) is 24.3 Å². The van der Waals surface area contributed by atoms with Gasteiger partial charge in [0.2, 0.25) is 5.91 Å². The highest BCUT2D eigenvalue weighted by Crippen LogP contribution is 2.18. The van der Waals surface area contributed by atoms with Crippen molar-refractivity contribution in [3.63, 3.8) is 0 Å². The van der Waals surface area contributed by atoms with E-state index in [2.05, 4.69) is 5.32 Å². The van der Waals surface area contributed by atoms with Crippen molar-refractivity contribution < 1.29 is 19.9 Å². The Morgan fingerprint density at radius 1 is 1.17 bits per heavy atom. The smallest absolute Gasteiger partial charge is 0.323 e. The summed E-state index contributed by atoms with van der Waals surface area (Å²) in [5, 5.41) is 21.0. The number of carboxylic acid groups (broad SMARTS) is 1. The van der Waals surface area contributed by atoms with Crippen LogP contribution in [0.3, 0.4) is 0 Å². The molecule has 0 aliphatic rings. The molecule has 0 aliphatic heterocycles. The van der Waals surface area contributed by atoms with Crippen LogP contribution in [0.2, 0.25) is 0 Å². The van der Waals surface area contributed by atoms with Crippen LogP contribution >= 0.6 is 0 Å². The molecule has 4 N–H and O–H groups in total. The molecule has 23 heavy (non-hydrogen) atoms. The zero-order chi connectivity index (χ0) is 17.5. The predicted octanol–water partition coefficient (Wildman–Crippen LogP) is 2.10. The first-order valence-corrected chi connectivity index (χ1v) is 7.76. The molecule has 1 amide bonds. The zero-order valence-corrected chi connectivity index (χ0v) is 13.9. The maximum Gasteiger partial charge on any atom is 0.323 e. The second-order valence-electron chi connectivity index (χ2n) is 6.44. The largest absolute Gasteiger partial charge is 0.480 e. The van der Waals surface area contributed by atoms with E-state index < -0.39 is 17.4 Å². The molecule has 0 saturated heterocycles. The third-order valence-corrected chi connectivity index (χ3v) is 3.76. The summed E-state index contributed by atoms with van der Waals surface area (Å²) in [5.74, 6) is -0.983. The lowest BCUT2D eigenvalue weighted by Gasteiger charge is -2.28. The predicted molar refractivity (Wildman–Crippen MR) is 87.0 cm³/mol. The third-order valence-electron chi connectivity index (χ3n) is 3.76. The zero-order valence-electron chi connectivity index (χ0n) is 13.9. The number of hydrogen-bond donors (Lipinski definition) is 4. The van der Waals surface area contributed by atoms with Crippen molar-refractivity contribution in [2.45, 2.75) is 52.1 Å². The summed E-state index contributed by atoms with van der Waals surface area (Å²) in [4.78, 5) is 22.5. The first kappa shape index (κ1) is 19.1. The van der Waals surface area contributed by atoms with Gasteiger partial charge in [0.15, 0.2) is 0 Å². The van der Waals surface area contributed by atoms with E-state index >= 15 is 0 Å². The van der Waals surface area contributed by atoms with Crippen molar-refractivity contribution in [2.24, 2.45) is 5.92 Å². The van der Waals surface area contributed by atoms with Gasteiger partial charge in [-0.1, -0.05) is 38.1 Å². The van der Waals surface area contributed by atoms with Crippen LogP contribution in [0.1, 0.15) is 44.7 Å². The molecule has 1 aromatic rings.